The number of carbonyl (C=O) groups excluding carboxylic acids is 1. The monoisotopic (exact) mass is 282 g/mol. The van der Waals surface area contributed by atoms with Gasteiger partial charge in [0.2, 0.25) is 0 Å². The van der Waals surface area contributed by atoms with E-state index in [1.54, 1.807) is 25.5 Å². The van der Waals surface area contributed by atoms with Crippen molar-refractivity contribution in [3.05, 3.63) is 59.9 Å². The van der Waals surface area contributed by atoms with E-state index in [9.17, 15) is 4.79 Å². The van der Waals surface area contributed by atoms with Gasteiger partial charge in [0.1, 0.15) is 6.04 Å². The zero-order valence-electron chi connectivity index (χ0n) is 12.1. The molecule has 0 aliphatic rings. The van der Waals surface area contributed by atoms with E-state index in [1.807, 2.05) is 43.3 Å². The lowest BCUT2D eigenvalue weighted by Crippen LogP contribution is -2.35. The fourth-order valence-electron chi connectivity index (χ4n) is 1.75. The molecule has 21 heavy (non-hydrogen) atoms. The molecule has 0 saturated carbocycles. The van der Waals surface area contributed by atoms with Crippen molar-refractivity contribution in [3.8, 4) is 0 Å². The van der Waals surface area contributed by atoms with E-state index in [0.717, 1.165) is 16.8 Å². The van der Waals surface area contributed by atoms with Gasteiger partial charge in [-0.2, -0.15) is 5.10 Å². The average molecular weight is 282 g/mol. The molecule has 0 spiro atoms. The van der Waals surface area contributed by atoms with Gasteiger partial charge >= 0.3 is 0 Å². The highest BCUT2D eigenvalue weighted by atomic mass is 16.2. The minimum absolute atomic E-state index is 0.191. The second-order valence-electron chi connectivity index (χ2n) is 4.70. The number of carbonyl (C=O) groups is 1. The van der Waals surface area contributed by atoms with Crippen LogP contribution in [0.5, 0.6) is 0 Å². The van der Waals surface area contributed by atoms with Crippen molar-refractivity contribution in [2.75, 3.05) is 5.32 Å². The summed E-state index contributed by atoms with van der Waals surface area (Å²) in [6, 6.07) is 11.1. The van der Waals surface area contributed by atoms with Gasteiger partial charge in [-0.1, -0.05) is 18.2 Å². The van der Waals surface area contributed by atoms with Crippen molar-refractivity contribution in [1.29, 1.82) is 0 Å². The molecule has 1 heterocycles. The Hall–Kier alpha value is -2.69. The molecule has 1 aromatic heterocycles. The Morgan fingerprint density at radius 2 is 1.95 bits per heavy atom. The third kappa shape index (κ3) is 4.42. The van der Waals surface area contributed by atoms with Crippen molar-refractivity contribution >= 4 is 17.8 Å². The molecule has 0 aliphatic heterocycles. The van der Waals surface area contributed by atoms with Crippen LogP contribution in [0.3, 0.4) is 0 Å². The lowest BCUT2D eigenvalue weighted by Gasteiger charge is -2.15. The summed E-state index contributed by atoms with van der Waals surface area (Å²) in [6.07, 6.45) is 4.93. The molecule has 1 unspecified atom stereocenters. The lowest BCUT2D eigenvalue weighted by molar-refractivity contribution is -0.121. The Kier molecular flexibility index (Phi) is 5.04. The molecule has 5 nitrogen and oxygen atoms in total. The van der Waals surface area contributed by atoms with Gasteiger partial charge in [-0.25, -0.2) is 5.43 Å². The maximum atomic E-state index is 11.9. The maximum absolute atomic E-state index is 11.9. The van der Waals surface area contributed by atoms with Crippen molar-refractivity contribution in [3.63, 3.8) is 0 Å². The number of hydrogen-bond acceptors (Lipinski definition) is 4. The summed E-state index contributed by atoms with van der Waals surface area (Å²) in [5.74, 6) is -0.191. The van der Waals surface area contributed by atoms with Gasteiger partial charge in [-0.15, -0.1) is 0 Å². The number of amides is 1. The van der Waals surface area contributed by atoms with E-state index in [4.69, 9.17) is 0 Å². The summed E-state index contributed by atoms with van der Waals surface area (Å²) >= 11 is 0. The molecule has 2 N–H and O–H groups in total. The molecule has 0 saturated heterocycles. The first kappa shape index (κ1) is 14.7. The number of aromatic nitrogens is 1. The molecular formula is C16H18N4O. The van der Waals surface area contributed by atoms with Gasteiger partial charge in [-0.3, -0.25) is 9.78 Å². The van der Waals surface area contributed by atoms with Crippen LogP contribution in [-0.4, -0.2) is 23.1 Å². The maximum Gasteiger partial charge on any atom is 0.262 e. The normalized spacial score (nSPS) is 12.1. The largest absolute Gasteiger partial charge is 0.374 e. The fourth-order valence-corrected chi connectivity index (χ4v) is 1.75. The molecule has 2 rings (SSSR count). The number of anilines is 1. The predicted octanol–water partition coefficient (Wildman–Crippen LogP) is 2.34. The molecule has 0 radical (unpaired) electrons. The average Bonchev–Trinajstić information content (AvgIpc) is 2.50. The van der Waals surface area contributed by atoms with Gasteiger partial charge in [0.15, 0.2) is 0 Å². The fraction of sp³-hybridized carbons (Fsp3) is 0.188. The number of nitrogens with one attached hydrogen (secondary N) is 2. The standard InChI is InChI=1S/C16H18N4O/c1-12-5-3-4-6-15(12)19-13(2)16(21)20-18-11-14-7-9-17-10-8-14/h3-11,13,19H,1-2H3,(H,20,21). The van der Waals surface area contributed by atoms with Crippen LogP contribution in [0.25, 0.3) is 0 Å². The van der Waals surface area contributed by atoms with Gasteiger partial charge in [-0.05, 0) is 43.2 Å². The highest BCUT2D eigenvalue weighted by Crippen LogP contribution is 2.14. The highest BCUT2D eigenvalue weighted by molar-refractivity contribution is 5.86. The molecule has 0 aliphatic carbocycles. The number of hydrazone groups is 1. The second-order valence-corrected chi connectivity index (χ2v) is 4.70. The topological polar surface area (TPSA) is 66.4 Å². The first-order valence-electron chi connectivity index (χ1n) is 6.72. The van der Waals surface area contributed by atoms with Crippen LogP contribution in [0.15, 0.2) is 53.9 Å². The van der Waals surface area contributed by atoms with Gasteiger partial charge in [0.25, 0.3) is 5.91 Å². The predicted molar refractivity (Wildman–Crippen MR) is 84.2 cm³/mol. The van der Waals surface area contributed by atoms with E-state index < -0.39 is 0 Å². The first-order valence-corrected chi connectivity index (χ1v) is 6.72. The second kappa shape index (κ2) is 7.19. The molecule has 1 atom stereocenters. The van der Waals surface area contributed by atoms with Crippen LogP contribution in [0, 0.1) is 6.92 Å². The number of para-hydroxylation sites is 1. The summed E-state index contributed by atoms with van der Waals surface area (Å²) in [5.41, 5.74) is 5.44. The molecule has 2 aromatic rings. The quantitative estimate of drug-likeness (QED) is 0.653. The van der Waals surface area contributed by atoms with Gasteiger partial charge < -0.3 is 5.32 Å². The summed E-state index contributed by atoms with van der Waals surface area (Å²) < 4.78 is 0. The van der Waals surface area contributed by atoms with Crippen LogP contribution in [0.2, 0.25) is 0 Å². The first-order chi connectivity index (χ1) is 10.2. The van der Waals surface area contributed by atoms with Crippen LogP contribution in [-0.2, 0) is 4.79 Å². The highest BCUT2D eigenvalue weighted by Gasteiger charge is 2.12. The number of pyridine rings is 1. The minimum atomic E-state index is -0.374. The number of aryl methyl sites for hydroxylation is 1. The van der Waals surface area contributed by atoms with Crippen molar-refractivity contribution in [1.82, 2.24) is 10.4 Å². The Morgan fingerprint density at radius 3 is 2.67 bits per heavy atom. The smallest absolute Gasteiger partial charge is 0.262 e. The molecule has 0 fully saturated rings. The van der Waals surface area contributed by atoms with E-state index in [2.05, 4.69) is 20.8 Å². The van der Waals surface area contributed by atoms with Crippen molar-refractivity contribution in [2.24, 2.45) is 5.10 Å². The molecule has 5 heteroatoms. The van der Waals surface area contributed by atoms with Gasteiger partial charge in [0.05, 0.1) is 6.21 Å². The summed E-state index contributed by atoms with van der Waals surface area (Å²) in [5, 5.41) is 7.10. The summed E-state index contributed by atoms with van der Waals surface area (Å²) in [4.78, 5) is 15.9. The molecule has 1 amide bonds. The number of rotatable bonds is 5. The number of nitrogens with zero attached hydrogens (tertiary/aromatic N) is 2. The van der Waals surface area contributed by atoms with E-state index in [0.29, 0.717) is 0 Å². The van der Waals surface area contributed by atoms with Crippen molar-refractivity contribution in [2.45, 2.75) is 19.9 Å². The Bertz CT molecular complexity index is 625. The molecule has 0 bridgehead atoms. The van der Waals surface area contributed by atoms with Crippen molar-refractivity contribution < 1.29 is 4.79 Å². The number of hydrogen-bond donors (Lipinski definition) is 2. The third-order valence-corrected chi connectivity index (χ3v) is 3.00. The zero-order chi connectivity index (χ0) is 15.1. The number of benzene rings is 1. The van der Waals surface area contributed by atoms with E-state index in [1.165, 1.54) is 0 Å². The van der Waals surface area contributed by atoms with E-state index in [-0.39, 0.29) is 11.9 Å². The Balaban J connectivity index is 1.88. The SMILES string of the molecule is Cc1ccccc1NC(C)C(=O)NN=Cc1ccncc1. The molecular weight excluding hydrogens is 264 g/mol. The Morgan fingerprint density at radius 1 is 1.24 bits per heavy atom. The van der Waals surface area contributed by atoms with Crippen LogP contribution in [0.4, 0.5) is 5.69 Å². The van der Waals surface area contributed by atoms with Crippen LogP contribution >= 0.6 is 0 Å². The molecule has 108 valence electrons. The minimum Gasteiger partial charge on any atom is -0.374 e. The van der Waals surface area contributed by atoms with E-state index >= 15 is 0 Å². The van der Waals surface area contributed by atoms with Crippen LogP contribution in [0.1, 0.15) is 18.1 Å². The Labute approximate surface area is 124 Å². The summed E-state index contributed by atoms with van der Waals surface area (Å²) in [6.45, 7) is 3.79. The van der Waals surface area contributed by atoms with Gasteiger partial charge in [0, 0.05) is 18.1 Å². The molecule has 1 aromatic carbocycles. The summed E-state index contributed by atoms with van der Waals surface area (Å²) in [7, 11) is 0. The van der Waals surface area contributed by atoms with Crippen LogP contribution < -0.4 is 10.7 Å². The zero-order valence-corrected chi connectivity index (χ0v) is 12.1. The lowest BCUT2D eigenvalue weighted by atomic mass is 10.2. The third-order valence-electron chi connectivity index (χ3n) is 3.00.